The topological polar surface area (TPSA) is 113 Å². The van der Waals surface area contributed by atoms with E-state index in [4.69, 9.17) is 9.84 Å². The number of nitrogens with zero attached hydrogens (tertiary/aromatic N) is 1. The summed E-state index contributed by atoms with van der Waals surface area (Å²) in [6.45, 7) is 3.50. The van der Waals surface area contributed by atoms with Gasteiger partial charge in [-0.2, -0.15) is 12.7 Å². The molecule has 1 unspecified atom stereocenters. The fraction of sp³-hybridized carbons (Fsp3) is 0.833. The van der Waals surface area contributed by atoms with Gasteiger partial charge in [-0.3, -0.25) is 4.79 Å². The van der Waals surface area contributed by atoms with E-state index >= 15 is 0 Å². The third-order valence-corrected chi connectivity index (χ3v) is 4.65. The van der Waals surface area contributed by atoms with Crippen LogP contribution in [0.4, 0.5) is 4.79 Å². The van der Waals surface area contributed by atoms with Crippen molar-refractivity contribution in [2.24, 2.45) is 0 Å². The minimum Gasteiger partial charge on any atom is -0.481 e. The molecule has 1 saturated heterocycles. The smallest absolute Gasteiger partial charge is 0.422 e. The number of rotatable bonds is 6. The number of amides is 1. The molecular formula is C12H22N2O6S. The van der Waals surface area contributed by atoms with Crippen LogP contribution in [0.2, 0.25) is 0 Å². The first-order valence-corrected chi connectivity index (χ1v) is 8.38. The highest BCUT2D eigenvalue weighted by Crippen LogP contribution is 2.23. The van der Waals surface area contributed by atoms with Gasteiger partial charge >= 0.3 is 22.3 Å². The van der Waals surface area contributed by atoms with E-state index in [2.05, 4.69) is 0 Å². The van der Waals surface area contributed by atoms with Gasteiger partial charge in [0, 0.05) is 19.0 Å². The third kappa shape index (κ3) is 5.88. The third-order valence-electron chi connectivity index (χ3n) is 3.13. The van der Waals surface area contributed by atoms with E-state index in [-0.39, 0.29) is 19.4 Å². The van der Waals surface area contributed by atoms with Gasteiger partial charge in [-0.25, -0.2) is 9.52 Å². The van der Waals surface area contributed by atoms with Crippen molar-refractivity contribution in [1.82, 2.24) is 9.03 Å². The summed E-state index contributed by atoms with van der Waals surface area (Å²) < 4.78 is 32.2. The molecule has 2 N–H and O–H groups in total. The van der Waals surface area contributed by atoms with Crippen LogP contribution >= 0.6 is 0 Å². The number of nitrogens with one attached hydrogen (secondary N) is 1. The predicted octanol–water partition coefficient (Wildman–Crippen LogP) is 1.09. The Bertz CT molecular complexity index is 476. The van der Waals surface area contributed by atoms with E-state index in [0.29, 0.717) is 12.8 Å². The van der Waals surface area contributed by atoms with E-state index in [1.807, 2.05) is 4.72 Å². The maximum Gasteiger partial charge on any atom is 0.422 e. The summed E-state index contributed by atoms with van der Waals surface area (Å²) in [4.78, 5) is 22.1. The average molecular weight is 322 g/mol. The Morgan fingerprint density at radius 2 is 2.05 bits per heavy atom. The van der Waals surface area contributed by atoms with Crippen molar-refractivity contribution in [2.45, 2.75) is 58.1 Å². The number of hydrogen-bond acceptors (Lipinski definition) is 5. The number of carboxylic acid groups (broad SMARTS) is 1. The molecule has 0 aliphatic carbocycles. The van der Waals surface area contributed by atoms with Crippen LogP contribution in [-0.4, -0.2) is 48.6 Å². The molecule has 0 radical (unpaired) electrons. The molecule has 1 amide bonds. The van der Waals surface area contributed by atoms with Crippen LogP contribution < -0.4 is 4.72 Å². The molecule has 9 heteroatoms. The Morgan fingerprint density at radius 3 is 2.62 bits per heavy atom. The first kappa shape index (κ1) is 17.7. The highest BCUT2D eigenvalue weighted by molar-refractivity contribution is 7.87. The Labute approximate surface area is 124 Å². The molecular weight excluding hydrogens is 300 g/mol. The molecule has 0 saturated carbocycles. The van der Waals surface area contributed by atoms with Gasteiger partial charge in [0.25, 0.3) is 0 Å². The van der Waals surface area contributed by atoms with Gasteiger partial charge in [0.05, 0.1) is 6.10 Å². The molecule has 1 rings (SSSR count). The molecule has 0 aromatic carbocycles. The lowest BCUT2D eigenvalue weighted by atomic mass is 10.0. The standard InChI is InChI=1S/C12H22N2O6S/c1-9(2)20-12(17)13-21(18,19)14-8-4-3-5-10(14)6-7-11(15)16/h9-10H,3-8H2,1-2H3,(H,13,17)(H,15,16). The van der Waals surface area contributed by atoms with Crippen molar-refractivity contribution in [1.29, 1.82) is 0 Å². The van der Waals surface area contributed by atoms with E-state index in [1.165, 1.54) is 4.31 Å². The minimum atomic E-state index is -4.01. The molecule has 1 fully saturated rings. The van der Waals surface area contributed by atoms with Crippen molar-refractivity contribution in [3.63, 3.8) is 0 Å². The summed E-state index contributed by atoms with van der Waals surface area (Å²) in [7, 11) is -4.01. The van der Waals surface area contributed by atoms with Crippen molar-refractivity contribution in [3.8, 4) is 0 Å². The van der Waals surface area contributed by atoms with Gasteiger partial charge in [-0.05, 0) is 33.1 Å². The molecule has 1 aliphatic heterocycles. The number of carbonyl (C=O) groups excluding carboxylic acids is 1. The molecule has 1 heterocycles. The number of carboxylic acids is 1. The zero-order valence-electron chi connectivity index (χ0n) is 12.2. The second-order valence-electron chi connectivity index (χ2n) is 5.25. The minimum absolute atomic E-state index is 0.104. The summed E-state index contributed by atoms with van der Waals surface area (Å²) in [5.41, 5.74) is 0. The zero-order chi connectivity index (χ0) is 16.0. The van der Waals surface area contributed by atoms with Gasteiger partial charge in [0.15, 0.2) is 0 Å². The zero-order valence-corrected chi connectivity index (χ0v) is 13.1. The molecule has 1 atom stereocenters. The van der Waals surface area contributed by atoms with Crippen LogP contribution in [0.3, 0.4) is 0 Å². The Hall–Kier alpha value is -1.35. The molecule has 0 aromatic rings. The highest BCUT2D eigenvalue weighted by Gasteiger charge is 2.33. The first-order chi connectivity index (χ1) is 9.72. The van der Waals surface area contributed by atoms with Crippen LogP contribution in [-0.2, 0) is 19.7 Å². The normalized spacial score (nSPS) is 20.2. The fourth-order valence-electron chi connectivity index (χ4n) is 2.27. The van der Waals surface area contributed by atoms with Crippen molar-refractivity contribution >= 4 is 22.3 Å². The predicted molar refractivity (Wildman–Crippen MR) is 74.9 cm³/mol. The molecule has 21 heavy (non-hydrogen) atoms. The number of ether oxygens (including phenoxy) is 1. The summed E-state index contributed by atoms with van der Waals surface area (Å²) in [5.74, 6) is -0.968. The fourth-order valence-corrected chi connectivity index (χ4v) is 3.62. The lowest BCUT2D eigenvalue weighted by Gasteiger charge is -2.34. The number of hydrogen-bond donors (Lipinski definition) is 2. The second kappa shape index (κ2) is 7.60. The Balaban J connectivity index is 2.72. The summed E-state index contributed by atoms with van der Waals surface area (Å²) in [6.07, 6.45) is 0.795. The highest BCUT2D eigenvalue weighted by atomic mass is 32.2. The van der Waals surface area contributed by atoms with Crippen molar-refractivity contribution < 1.29 is 27.9 Å². The number of aliphatic carboxylic acids is 1. The van der Waals surface area contributed by atoms with E-state index in [9.17, 15) is 18.0 Å². The largest absolute Gasteiger partial charge is 0.481 e. The van der Waals surface area contributed by atoms with Crippen LogP contribution in [0, 0.1) is 0 Å². The second-order valence-corrected chi connectivity index (χ2v) is 6.88. The molecule has 1 aliphatic rings. The van der Waals surface area contributed by atoms with Crippen molar-refractivity contribution in [3.05, 3.63) is 0 Å². The average Bonchev–Trinajstić information content (AvgIpc) is 2.34. The lowest BCUT2D eigenvalue weighted by molar-refractivity contribution is -0.137. The molecule has 0 aromatic heterocycles. The lowest BCUT2D eigenvalue weighted by Crippen LogP contribution is -2.50. The number of piperidine rings is 1. The van der Waals surface area contributed by atoms with Crippen LogP contribution in [0.15, 0.2) is 0 Å². The van der Waals surface area contributed by atoms with Crippen LogP contribution in [0.25, 0.3) is 0 Å². The maximum absolute atomic E-state index is 12.2. The summed E-state index contributed by atoms with van der Waals surface area (Å²) in [5, 5.41) is 8.72. The van der Waals surface area contributed by atoms with Gasteiger partial charge in [-0.15, -0.1) is 0 Å². The molecule has 8 nitrogen and oxygen atoms in total. The first-order valence-electron chi connectivity index (χ1n) is 6.94. The van der Waals surface area contributed by atoms with Gasteiger partial charge in [0.1, 0.15) is 0 Å². The van der Waals surface area contributed by atoms with E-state index < -0.39 is 34.4 Å². The van der Waals surface area contributed by atoms with Gasteiger partial charge in [-0.1, -0.05) is 6.42 Å². The Kier molecular flexibility index (Phi) is 6.41. The summed E-state index contributed by atoms with van der Waals surface area (Å²) in [6, 6.07) is -0.404. The summed E-state index contributed by atoms with van der Waals surface area (Å²) >= 11 is 0. The maximum atomic E-state index is 12.2. The van der Waals surface area contributed by atoms with Gasteiger partial charge < -0.3 is 9.84 Å². The molecule has 0 spiro atoms. The number of carbonyl (C=O) groups is 2. The van der Waals surface area contributed by atoms with E-state index in [1.54, 1.807) is 13.8 Å². The van der Waals surface area contributed by atoms with Crippen molar-refractivity contribution in [2.75, 3.05) is 6.54 Å². The monoisotopic (exact) mass is 322 g/mol. The van der Waals surface area contributed by atoms with Crippen LogP contribution in [0.5, 0.6) is 0 Å². The SMILES string of the molecule is CC(C)OC(=O)NS(=O)(=O)N1CCCCC1CCC(=O)O. The van der Waals surface area contributed by atoms with E-state index in [0.717, 1.165) is 6.42 Å². The van der Waals surface area contributed by atoms with Crippen LogP contribution in [0.1, 0.15) is 46.0 Å². The van der Waals surface area contributed by atoms with Gasteiger partial charge in [0.2, 0.25) is 0 Å². The molecule has 0 bridgehead atoms. The molecule has 122 valence electrons. The quantitative estimate of drug-likeness (QED) is 0.756. The Morgan fingerprint density at radius 1 is 1.38 bits per heavy atom.